The summed E-state index contributed by atoms with van der Waals surface area (Å²) >= 11 is 0. The maximum atomic E-state index is 12.5. The molecule has 5 heteroatoms. The van der Waals surface area contributed by atoms with Crippen molar-refractivity contribution in [3.63, 3.8) is 0 Å². The van der Waals surface area contributed by atoms with Crippen LogP contribution in [0.2, 0.25) is 0 Å². The highest BCUT2D eigenvalue weighted by Crippen LogP contribution is 2.32. The number of halogens is 3. The highest BCUT2D eigenvalue weighted by atomic mass is 19.4. The average Bonchev–Trinajstić information content (AvgIpc) is 2.51. The molecule has 0 N–H and O–H groups in total. The van der Waals surface area contributed by atoms with Gasteiger partial charge >= 0.3 is 6.36 Å². The second-order valence-corrected chi connectivity index (χ2v) is 6.05. The molecule has 0 amide bonds. The van der Waals surface area contributed by atoms with Crippen molar-refractivity contribution >= 4 is 12.4 Å². The van der Waals surface area contributed by atoms with E-state index in [1.54, 1.807) is 20.8 Å². The molecule has 0 heterocycles. The van der Waals surface area contributed by atoms with Crippen molar-refractivity contribution in [3.8, 4) is 5.75 Å². The second-order valence-electron chi connectivity index (χ2n) is 6.05. The molecule has 1 aromatic rings. The molecule has 0 saturated carbocycles. The number of ether oxygens (including phenoxy) is 1. The Balaban J connectivity index is 3.06. The van der Waals surface area contributed by atoms with E-state index in [-0.39, 0.29) is 5.75 Å². The number of aryl methyl sites for hydroxylation is 1. The van der Waals surface area contributed by atoms with Crippen molar-refractivity contribution in [2.24, 2.45) is 0 Å². The fourth-order valence-corrected chi connectivity index (χ4v) is 2.34. The maximum absolute atomic E-state index is 12.5. The summed E-state index contributed by atoms with van der Waals surface area (Å²) in [6.45, 7) is 8.88. The van der Waals surface area contributed by atoms with E-state index in [1.165, 1.54) is 12.1 Å². The molecular weight excluding hydrogens is 341 g/mol. The lowest BCUT2D eigenvalue weighted by molar-refractivity contribution is -0.274. The van der Waals surface area contributed by atoms with Crippen LogP contribution in [0.25, 0.3) is 6.08 Å². The molecule has 0 spiro atoms. The Morgan fingerprint density at radius 2 is 1.62 bits per heavy atom. The topological polar surface area (TPSA) is 26.3 Å². The van der Waals surface area contributed by atoms with E-state index in [1.807, 2.05) is 44.2 Å². The third-order valence-electron chi connectivity index (χ3n) is 3.90. The fraction of sp³-hybridized carbons (Fsp3) is 0.286. The van der Waals surface area contributed by atoms with E-state index in [4.69, 9.17) is 0 Å². The van der Waals surface area contributed by atoms with Crippen LogP contribution in [0.5, 0.6) is 5.75 Å². The Kier molecular flexibility index (Phi) is 7.62. The van der Waals surface area contributed by atoms with Gasteiger partial charge in [-0.15, -0.1) is 13.2 Å². The Hall–Kier alpha value is -2.56. The van der Waals surface area contributed by atoms with Crippen LogP contribution < -0.4 is 4.74 Å². The van der Waals surface area contributed by atoms with E-state index >= 15 is 0 Å². The monoisotopic (exact) mass is 364 g/mol. The highest BCUT2D eigenvalue weighted by molar-refractivity contribution is 5.67. The first-order valence-corrected chi connectivity index (χ1v) is 8.06. The molecular formula is C21H23F3O2. The highest BCUT2D eigenvalue weighted by Gasteiger charge is 2.32. The molecule has 0 saturated heterocycles. The first kappa shape index (κ1) is 21.5. The number of hydrogen-bond donors (Lipinski definition) is 0. The molecule has 0 bridgehead atoms. The van der Waals surface area contributed by atoms with Gasteiger partial charge in [-0.2, -0.15) is 0 Å². The lowest BCUT2D eigenvalue weighted by atomic mass is 9.96. The maximum Gasteiger partial charge on any atom is 0.573 e. The zero-order valence-corrected chi connectivity index (χ0v) is 15.6. The number of aldehydes is 1. The SMILES string of the molecule is CC(C=CC=C(C)C=Cc1c(C)cc(OC(F)(F)F)c(C)c1C)=CC=O. The fourth-order valence-electron chi connectivity index (χ4n) is 2.34. The van der Waals surface area contributed by atoms with Crippen LogP contribution in [-0.2, 0) is 4.79 Å². The lowest BCUT2D eigenvalue weighted by Crippen LogP contribution is -2.18. The summed E-state index contributed by atoms with van der Waals surface area (Å²) in [5.41, 5.74) is 4.59. The van der Waals surface area contributed by atoms with E-state index in [2.05, 4.69) is 4.74 Å². The van der Waals surface area contributed by atoms with Crippen LogP contribution in [0.4, 0.5) is 13.2 Å². The zero-order valence-electron chi connectivity index (χ0n) is 15.6. The predicted octanol–water partition coefficient (Wildman–Crippen LogP) is 6.17. The molecule has 1 rings (SSSR count). The van der Waals surface area contributed by atoms with Crippen LogP contribution in [0.1, 0.15) is 36.1 Å². The van der Waals surface area contributed by atoms with Crippen LogP contribution in [0.3, 0.4) is 0 Å². The van der Waals surface area contributed by atoms with Gasteiger partial charge in [0.05, 0.1) is 0 Å². The zero-order chi connectivity index (χ0) is 19.9. The van der Waals surface area contributed by atoms with Crippen molar-refractivity contribution < 1.29 is 22.7 Å². The second kappa shape index (κ2) is 9.22. The quantitative estimate of drug-likeness (QED) is 0.343. The minimum Gasteiger partial charge on any atom is -0.405 e. The van der Waals surface area contributed by atoms with E-state index in [0.717, 1.165) is 28.6 Å². The van der Waals surface area contributed by atoms with Crippen LogP contribution in [0, 0.1) is 20.8 Å². The van der Waals surface area contributed by atoms with Gasteiger partial charge in [0.2, 0.25) is 0 Å². The molecule has 0 radical (unpaired) electrons. The van der Waals surface area contributed by atoms with Crippen LogP contribution >= 0.6 is 0 Å². The van der Waals surface area contributed by atoms with Crippen molar-refractivity contribution in [3.05, 3.63) is 69.8 Å². The molecule has 0 aliphatic rings. The summed E-state index contributed by atoms with van der Waals surface area (Å²) in [5, 5.41) is 0. The molecule has 0 fully saturated rings. The summed E-state index contributed by atoms with van der Waals surface area (Å²) in [7, 11) is 0. The molecule has 0 atom stereocenters. The van der Waals surface area contributed by atoms with Crippen molar-refractivity contribution in [2.45, 2.75) is 41.0 Å². The van der Waals surface area contributed by atoms with Gasteiger partial charge in [0.15, 0.2) is 0 Å². The Morgan fingerprint density at radius 1 is 1.00 bits per heavy atom. The van der Waals surface area contributed by atoms with Crippen molar-refractivity contribution in [1.82, 2.24) is 0 Å². The third-order valence-corrected chi connectivity index (χ3v) is 3.90. The summed E-state index contributed by atoms with van der Waals surface area (Å²) in [5.74, 6) is -0.169. The molecule has 1 aromatic carbocycles. The molecule has 0 aliphatic heterocycles. The number of rotatable bonds is 6. The van der Waals surface area contributed by atoms with Crippen LogP contribution in [-0.4, -0.2) is 12.6 Å². The molecule has 0 aromatic heterocycles. The number of hydrogen-bond acceptors (Lipinski definition) is 2. The number of benzene rings is 1. The normalized spacial score (nSPS) is 13.7. The Labute approximate surface area is 152 Å². The van der Waals surface area contributed by atoms with Gasteiger partial charge in [-0.1, -0.05) is 36.0 Å². The molecule has 0 aliphatic carbocycles. The van der Waals surface area contributed by atoms with Gasteiger partial charge in [0, 0.05) is 0 Å². The number of carbonyl (C=O) groups excluding carboxylic acids is 1. The van der Waals surface area contributed by atoms with E-state index in [0.29, 0.717) is 11.1 Å². The average molecular weight is 364 g/mol. The summed E-state index contributed by atoms with van der Waals surface area (Å²) in [4.78, 5) is 10.4. The van der Waals surface area contributed by atoms with Gasteiger partial charge in [-0.05, 0) is 74.6 Å². The van der Waals surface area contributed by atoms with E-state index in [9.17, 15) is 18.0 Å². The minimum atomic E-state index is -4.71. The first-order valence-electron chi connectivity index (χ1n) is 8.06. The van der Waals surface area contributed by atoms with Crippen molar-refractivity contribution in [1.29, 1.82) is 0 Å². The minimum absolute atomic E-state index is 0.169. The van der Waals surface area contributed by atoms with Gasteiger partial charge in [-0.25, -0.2) is 0 Å². The number of allylic oxidation sites excluding steroid dienone is 7. The largest absolute Gasteiger partial charge is 0.573 e. The summed E-state index contributed by atoms with van der Waals surface area (Å²) in [6.07, 6.45) is 6.80. The molecule has 140 valence electrons. The molecule has 2 nitrogen and oxygen atoms in total. The van der Waals surface area contributed by atoms with Gasteiger partial charge < -0.3 is 4.74 Å². The van der Waals surface area contributed by atoms with Gasteiger partial charge in [0.25, 0.3) is 0 Å². The van der Waals surface area contributed by atoms with Crippen molar-refractivity contribution in [2.75, 3.05) is 0 Å². The molecule has 26 heavy (non-hydrogen) atoms. The molecule has 0 unspecified atom stereocenters. The van der Waals surface area contributed by atoms with Gasteiger partial charge in [-0.3, -0.25) is 4.79 Å². The Bertz CT molecular complexity index is 779. The summed E-state index contributed by atoms with van der Waals surface area (Å²) in [6, 6.07) is 1.40. The standard InChI is InChI=1S/C21H23F3O2/c1-14(7-6-8-15(2)11-12-25)9-10-19-16(3)13-20(18(5)17(19)4)26-21(22,23)24/h6-13H,1-5H3. The third kappa shape index (κ3) is 6.75. The predicted molar refractivity (Wildman–Crippen MR) is 99.1 cm³/mol. The van der Waals surface area contributed by atoms with Crippen LogP contribution in [0.15, 0.2) is 47.6 Å². The Morgan fingerprint density at radius 3 is 2.19 bits per heavy atom. The first-order chi connectivity index (χ1) is 12.0. The summed E-state index contributed by atoms with van der Waals surface area (Å²) < 4.78 is 41.6. The number of alkyl halides is 3. The smallest absolute Gasteiger partial charge is 0.405 e. The van der Waals surface area contributed by atoms with E-state index < -0.39 is 6.36 Å². The lowest BCUT2D eigenvalue weighted by Gasteiger charge is -2.16. The van der Waals surface area contributed by atoms with Gasteiger partial charge in [0.1, 0.15) is 12.0 Å². The number of carbonyl (C=O) groups is 1.